The van der Waals surface area contributed by atoms with Crippen molar-refractivity contribution < 1.29 is 17.6 Å². The first-order valence-corrected chi connectivity index (χ1v) is 7.80. The van der Waals surface area contributed by atoms with Gasteiger partial charge in [-0.05, 0) is 12.2 Å². The third-order valence-corrected chi connectivity index (χ3v) is 4.67. The van der Waals surface area contributed by atoms with Crippen LogP contribution in [0.2, 0.25) is 0 Å². The SMILES string of the molecule is C=CS(=O)(=O)OOC1CCSCSC1. The van der Waals surface area contributed by atoms with E-state index in [1.54, 1.807) is 11.8 Å². The van der Waals surface area contributed by atoms with Gasteiger partial charge in [0.15, 0.2) is 0 Å². The van der Waals surface area contributed by atoms with Crippen molar-refractivity contribution in [2.45, 2.75) is 12.5 Å². The fourth-order valence-corrected chi connectivity index (χ4v) is 3.33. The number of hydrogen-bond donors (Lipinski definition) is 0. The Bertz CT molecular complexity index is 267. The summed E-state index contributed by atoms with van der Waals surface area (Å²) in [5.74, 6) is 1.73. The molecule has 1 saturated heterocycles. The van der Waals surface area contributed by atoms with Gasteiger partial charge in [0, 0.05) is 10.8 Å². The predicted molar refractivity (Wildman–Crippen MR) is 59.5 cm³/mol. The molecular formula is C7H12O4S3. The summed E-state index contributed by atoms with van der Waals surface area (Å²) >= 11 is 3.54. The first-order valence-electron chi connectivity index (χ1n) is 4.02. The van der Waals surface area contributed by atoms with Crippen LogP contribution < -0.4 is 0 Å². The summed E-state index contributed by atoms with van der Waals surface area (Å²) < 4.78 is 26.0. The molecule has 1 heterocycles. The van der Waals surface area contributed by atoms with Gasteiger partial charge in [-0.1, -0.05) is 6.58 Å². The van der Waals surface area contributed by atoms with Crippen molar-refractivity contribution in [3.05, 3.63) is 12.0 Å². The number of hydrogen-bond acceptors (Lipinski definition) is 6. The predicted octanol–water partition coefficient (Wildman–Crippen LogP) is 1.60. The molecule has 1 rings (SSSR count). The Kier molecular flexibility index (Phi) is 5.32. The Morgan fingerprint density at radius 2 is 2.21 bits per heavy atom. The highest BCUT2D eigenvalue weighted by molar-refractivity contribution is 8.16. The normalized spacial score (nSPS) is 24.1. The van der Waals surface area contributed by atoms with Crippen molar-refractivity contribution in [1.29, 1.82) is 0 Å². The van der Waals surface area contributed by atoms with Gasteiger partial charge in [0.1, 0.15) is 6.10 Å². The third kappa shape index (κ3) is 4.70. The molecule has 0 radical (unpaired) electrons. The molecule has 0 saturated carbocycles. The van der Waals surface area contributed by atoms with E-state index in [-0.39, 0.29) is 6.10 Å². The second-order valence-electron chi connectivity index (χ2n) is 2.63. The molecular weight excluding hydrogens is 244 g/mol. The van der Waals surface area contributed by atoms with Gasteiger partial charge in [-0.2, -0.15) is 20.2 Å². The molecule has 1 aliphatic rings. The molecule has 0 aromatic carbocycles. The van der Waals surface area contributed by atoms with Gasteiger partial charge in [0.2, 0.25) is 0 Å². The maximum absolute atomic E-state index is 10.9. The van der Waals surface area contributed by atoms with E-state index in [0.717, 1.165) is 28.4 Å². The van der Waals surface area contributed by atoms with Crippen molar-refractivity contribution in [3.8, 4) is 0 Å². The van der Waals surface area contributed by atoms with Crippen molar-refractivity contribution in [2.24, 2.45) is 0 Å². The average molecular weight is 256 g/mol. The largest absolute Gasteiger partial charge is 0.315 e. The highest BCUT2D eigenvalue weighted by atomic mass is 32.2. The zero-order chi connectivity index (χ0) is 10.4. The number of rotatable bonds is 4. The molecule has 0 bridgehead atoms. The molecule has 0 aromatic heterocycles. The highest BCUT2D eigenvalue weighted by Crippen LogP contribution is 2.22. The standard InChI is InChI=1S/C7H12O4S3/c1-2-14(8,9)11-10-7-3-4-12-6-13-5-7/h2,7H,1,3-6H2. The fourth-order valence-electron chi connectivity index (χ4n) is 0.810. The second kappa shape index (κ2) is 6.02. The van der Waals surface area contributed by atoms with Crippen LogP contribution in [0.1, 0.15) is 6.42 Å². The van der Waals surface area contributed by atoms with Gasteiger partial charge in [-0.15, -0.1) is 16.1 Å². The summed E-state index contributed by atoms with van der Waals surface area (Å²) in [7, 11) is -3.71. The van der Waals surface area contributed by atoms with E-state index in [9.17, 15) is 8.42 Å². The molecule has 1 fully saturated rings. The molecule has 0 aromatic rings. The van der Waals surface area contributed by atoms with Crippen molar-refractivity contribution >= 4 is 33.6 Å². The molecule has 4 nitrogen and oxygen atoms in total. The van der Waals surface area contributed by atoms with Gasteiger partial charge in [0.25, 0.3) is 0 Å². The van der Waals surface area contributed by atoms with Crippen LogP contribution in [0.4, 0.5) is 0 Å². The Morgan fingerprint density at radius 3 is 2.93 bits per heavy atom. The lowest BCUT2D eigenvalue weighted by molar-refractivity contribution is -0.232. The smallest absolute Gasteiger partial charge is 0.215 e. The fraction of sp³-hybridized carbons (Fsp3) is 0.714. The molecule has 1 atom stereocenters. The molecule has 14 heavy (non-hydrogen) atoms. The van der Waals surface area contributed by atoms with Crippen LogP contribution in [0.25, 0.3) is 0 Å². The van der Waals surface area contributed by atoms with E-state index in [1.165, 1.54) is 0 Å². The number of thioether (sulfide) groups is 2. The van der Waals surface area contributed by atoms with Crippen LogP contribution in [0.3, 0.4) is 0 Å². The Hall–Kier alpha value is 0.310. The minimum Gasteiger partial charge on any atom is -0.215 e. The van der Waals surface area contributed by atoms with Gasteiger partial charge >= 0.3 is 10.1 Å². The van der Waals surface area contributed by atoms with E-state index in [1.807, 2.05) is 11.8 Å². The minimum atomic E-state index is -3.71. The van der Waals surface area contributed by atoms with Gasteiger partial charge in [0.05, 0.1) is 5.41 Å². The van der Waals surface area contributed by atoms with Crippen LogP contribution in [0.15, 0.2) is 12.0 Å². The maximum Gasteiger partial charge on any atom is 0.315 e. The molecule has 0 aliphatic carbocycles. The van der Waals surface area contributed by atoms with Crippen LogP contribution in [-0.4, -0.2) is 31.1 Å². The summed E-state index contributed by atoms with van der Waals surface area (Å²) in [6.07, 6.45) is 0.661. The first-order chi connectivity index (χ1) is 6.64. The Morgan fingerprint density at radius 1 is 1.43 bits per heavy atom. The van der Waals surface area contributed by atoms with Crippen LogP contribution >= 0.6 is 23.5 Å². The second-order valence-corrected chi connectivity index (χ2v) is 6.59. The van der Waals surface area contributed by atoms with Crippen LogP contribution in [0.5, 0.6) is 0 Å². The molecule has 1 aliphatic heterocycles. The molecule has 1 unspecified atom stereocenters. The first kappa shape index (κ1) is 12.4. The Balaban J connectivity index is 2.32. The quantitative estimate of drug-likeness (QED) is 0.562. The lowest BCUT2D eigenvalue weighted by Crippen LogP contribution is -2.18. The van der Waals surface area contributed by atoms with E-state index in [4.69, 9.17) is 4.89 Å². The van der Waals surface area contributed by atoms with E-state index >= 15 is 0 Å². The summed E-state index contributed by atoms with van der Waals surface area (Å²) in [5.41, 5.74) is 0. The zero-order valence-corrected chi connectivity index (χ0v) is 10.00. The summed E-state index contributed by atoms with van der Waals surface area (Å²) in [5, 5.41) is 1.75. The third-order valence-electron chi connectivity index (χ3n) is 1.53. The monoisotopic (exact) mass is 256 g/mol. The molecule has 82 valence electrons. The summed E-state index contributed by atoms with van der Waals surface area (Å²) in [6.45, 7) is 3.11. The lowest BCUT2D eigenvalue weighted by Gasteiger charge is -2.11. The van der Waals surface area contributed by atoms with Crippen molar-refractivity contribution in [2.75, 3.05) is 16.6 Å². The average Bonchev–Trinajstić information content (AvgIpc) is 2.43. The van der Waals surface area contributed by atoms with E-state index in [2.05, 4.69) is 10.9 Å². The van der Waals surface area contributed by atoms with Crippen LogP contribution in [0, 0.1) is 0 Å². The zero-order valence-electron chi connectivity index (χ0n) is 7.55. The maximum atomic E-state index is 10.9. The topological polar surface area (TPSA) is 52.6 Å². The molecule has 0 amide bonds. The van der Waals surface area contributed by atoms with Gasteiger partial charge < -0.3 is 0 Å². The minimum absolute atomic E-state index is 0.148. The van der Waals surface area contributed by atoms with Crippen molar-refractivity contribution in [1.82, 2.24) is 0 Å². The van der Waals surface area contributed by atoms with Crippen molar-refractivity contribution in [3.63, 3.8) is 0 Å². The van der Waals surface area contributed by atoms with Crippen LogP contribution in [-0.2, 0) is 19.3 Å². The Labute approximate surface area is 92.5 Å². The van der Waals surface area contributed by atoms with E-state index < -0.39 is 10.1 Å². The molecule has 0 spiro atoms. The van der Waals surface area contributed by atoms with Gasteiger partial charge in [-0.25, -0.2) is 4.89 Å². The van der Waals surface area contributed by atoms with Gasteiger partial charge in [-0.3, -0.25) is 0 Å². The summed E-state index contributed by atoms with van der Waals surface area (Å²) in [4.78, 5) is 4.83. The van der Waals surface area contributed by atoms with E-state index in [0.29, 0.717) is 0 Å². The lowest BCUT2D eigenvalue weighted by atomic mass is 10.3. The molecule has 0 N–H and O–H groups in total. The molecule has 7 heteroatoms. The highest BCUT2D eigenvalue weighted by Gasteiger charge is 2.17. The summed E-state index contributed by atoms with van der Waals surface area (Å²) in [6, 6.07) is 0.